The van der Waals surface area contributed by atoms with Gasteiger partial charge in [0.2, 0.25) is 6.79 Å². The lowest BCUT2D eigenvalue weighted by atomic mass is 9.73. The van der Waals surface area contributed by atoms with Crippen LogP contribution in [0.2, 0.25) is 0 Å². The van der Waals surface area contributed by atoms with Crippen molar-refractivity contribution in [1.29, 1.82) is 0 Å². The Bertz CT molecular complexity index is 428. The summed E-state index contributed by atoms with van der Waals surface area (Å²) in [5.74, 6) is 0.938. The Hall–Kier alpha value is -1.24. The third-order valence-corrected chi connectivity index (χ3v) is 2.57. The lowest BCUT2D eigenvalue weighted by Crippen LogP contribution is -2.40. The maximum absolute atomic E-state index is 9.44. The molecule has 6 heteroatoms. The average molecular weight is 237 g/mol. The average Bonchev–Trinajstić information content (AvgIpc) is 2.61. The minimum atomic E-state index is -1.59. The van der Waals surface area contributed by atoms with Gasteiger partial charge in [-0.1, -0.05) is 6.07 Å². The molecule has 2 rings (SSSR count). The molecule has 1 aromatic carbocycles. The van der Waals surface area contributed by atoms with Crippen LogP contribution in [0.5, 0.6) is 11.5 Å². The van der Waals surface area contributed by atoms with E-state index >= 15 is 0 Å². The van der Waals surface area contributed by atoms with E-state index in [-0.39, 0.29) is 6.79 Å². The van der Waals surface area contributed by atoms with Gasteiger partial charge in [0.15, 0.2) is 11.5 Å². The molecule has 0 amide bonds. The zero-order chi connectivity index (χ0) is 12.6. The molecule has 1 aliphatic heterocycles. The summed E-state index contributed by atoms with van der Waals surface area (Å²) < 4.78 is 10.5. The van der Waals surface area contributed by atoms with E-state index < -0.39 is 12.7 Å². The zero-order valence-electron chi connectivity index (χ0n) is 9.93. The van der Waals surface area contributed by atoms with Crippen LogP contribution in [0.1, 0.15) is 19.4 Å². The van der Waals surface area contributed by atoms with Crippen molar-refractivity contribution >= 4 is 12.6 Å². The van der Waals surface area contributed by atoms with Crippen molar-refractivity contribution in [3.63, 3.8) is 0 Å². The third-order valence-electron chi connectivity index (χ3n) is 2.57. The molecule has 92 valence electrons. The Morgan fingerprint density at radius 1 is 1.35 bits per heavy atom. The van der Waals surface area contributed by atoms with Gasteiger partial charge in [0.1, 0.15) is 0 Å². The lowest BCUT2D eigenvalue weighted by molar-refractivity contribution is 0.174. The molecule has 17 heavy (non-hydrogen) atoms. The number of hydrogen-bond donors (Lipinski definition) is 3. The highest BCUT2D eigenvalue weighted by Crippen LogP contribution is 2.31. The maximum Gasteiger partial charge on any atom is 0.492 e. The second kappa shape index (κ2) is 4.21. The molecule has 1 aliphatic rings. The highest BCUT2D eigenvalue weighted by Gasteiger charge is 2.29. The van der Waals surface area contributed by atoms with Crippen LogP contribution in [-0.4, -0.2) is 29.5 Å². The van der Waals surface area contributed by atoms with Gasteiger partial charge in [-0.25, -0.2) is 0 Å². The highest BCUT2D eigenvalue weighted by molar-refractivity contribution is 6.60. The van der Waals surface area contributed by atoms with Crippen LogP contribution in [0.3, 0.4) is 0 Å². The standard InChI is InChI=1S/C11H16BNO4/c1-11(2,13)5-7-3-4-8-10(17-6-16-8)9(7)12(14)15/h3-4,14-15H,5-6,13H2,1-2H3. The van der Waals surface area contributed by atoms with Gasteiger partial charge in [-0.15, -0.1) is 0 Å². The third kappa shape index (κ3) is 2.54. The van der Waals surface area contributed by atoms with Gasteiger partial charge >= 0.3 is 7.12 Å². The van der Waals surface area contributed by atoms with E-state index in [2.05, 4.69) is 0 Å². The van der Waals surface area contributed by atoms with Crippen molar-refractivity contribution < 1.29 is 19.5 Å². The summed E-state index contributed by atoms with van der Waals surface area (Å²) in [5, 5.41) is 18.9. The Morgan fingerprint density at radius 3 is 2.65 bits per heavy atom. The van der Waals surface area contributed by atoms with E-state index in [0.717, 1.165) is 5.56 Å². The molecule has 0 spiro atoms. The lowest BCUT2D eigenvalue weighted by Gasteiger charge is -2.21. The zero-order valence-corrected chi connectivity index (χ0v) is 9.93. The smallest absolute Gasteiger partial charge is 0.454 e. The van der Waals surface area contributed by atoms with Crippen LogP contribution in [0.4, 0.5) is 0 Å². The summed E-state index contributed by atoms with van der Waals surface area (Å²) in [6.07, 6.45) is 0.524. The molecule has 0 saturated heterocycles. The van der Waals surface area contributed by atoms with Crippen molar-refractivity contribution in [1.82, 2.24) is 0 Å². The second-order valence-corrected chi connectivity index (χ2v) is 4.91. The highest BCUT2D eigenvalue weighted by atomic mass is 16.7. The van der Waals surface area contributed by atoms with Gasteiger partial charge in [-0.2, -0.15) is 0 Å². The quantitative estimate of drug-likeness (QED) is 0.610. The van der Waals surface area contributed by atoms with Crippen molar-refractivity contribution in [2.24, 2.45) is 5.73 Å². The molecule has 0 aromatic heterocycles. The summed E-state index contributed by atoms with van der Waals surface area (Å²) in [4.78, 5) is 0. The minimum Gasteiger partial charge on any atom is -0.454 e. The first-order chi connectivity index (χ1) is 7.88. The van der Waals surface area contributed by atoms with E-state index in [1.54, 1.807) is 12.1 Å². The number of rotatable bonds is 3. The Morgan fingerprint density at radius 2 is 2.06 bits per heavy atom. The predicted octanol–water partition coefficient (Wildman–Crippen LogP) is -0.625. The molecule has 0 unspecified atom stereocenters. The Balaban J connectivity index is 2.46. The first kappa shape index (κ1) is 12.2. The fourth-order valence-corrected chi connectivity index (χ4v) is 1.96. The molecule has 1 heterocycles. The molecule has 5 nitrogen and oxygen atoms in total. The molecule has 1 aromatic rings. The number of nitrogens with two attached hydrogens (primary N) is 1. The summed E-state index contributed by atoms with van der Waals surface area (Å²) in [7, 11) is -1.59. The minimum absolute atomic E-state index is 0.102. The largest absolute Gasteiger partial charge is 0.492 e. The molecule has 4 N–H and O–H groups in total. The summed E-state index contributed by atoms with van der Waals surface area (Å²) in [6, 6.07) is 3.55. The first-order valence-corrected chi connectivity index (χ1v) is 5.45. The van der Waals surface area contributed by atoms with E-state index in [9.17, 15) is 10.0 Å². The van der Waals surface area contributed by atoms with Crippen LogP contribution < -0.4 is 20.7 Å². The number of fused-ring (bicyclic) bond motifs is 1. The molecule has 0 radical (unpaired) electrons. The van der Waals surface area contributed by atoms with E-state index in [4.69, 9.17) is 15.2 Å². The molecule has 0 bridgehead atoms. The molecular formula is C11H16BNO4. The van der Waals surface area contributed by atoms with Crippen LogP contribution in [-0.2, 0) is 6.42 Å². The van der Waals surface area contributed by atoms with Crippen LogP contribution in [0.15, 0.2) is 12.1 Å². The molecule has 0 atom stereocenters. The van der Waals surface area contributed by atoms with Gasteiger partial charge < -0.3 is 25.3 Å². The van der Waals surface area contributed by atoms with Crippen LogP contribution in [0, 0.1) is 0 Å². The normalized spacial score (nSPS) is 13.9. The number of ether oxygens (including phenoxy) is 2. The van der Waals surface area contributed by atoms with Gasteiger partial charge in [0.25, 0.3) is 0 Å². The summed E-state index contributed by atoms with van der Waals surface area (Å²) in [5.41, 5.74) is 6.62. The van der Waals surface area contributed by atoms with Gasteiger partial charge in [-0.3, -0.25) is 0 Å². The molecule has 0 aliphatic carbocycles. The van der Waals surface area contributed by atoms with Crippen molar-refractivity contribution in [2.45, 2.75) is 25.8 Å². The second-order valence-electron chi connectivity index (χ2n) is 4.91. The van der Waals surface area contributed by atoms with E-state index in [0.29, 0.717) is 23.4 Å². The Labute approximate surface area is 100 Å². The Kier molecular flexibility index (Phi) is 3.03. The van der Waals surface area contributed by atoms with Crippen molar-refractivity contribution in [2.75, 3.05) is 6.79 Å². The molecule has 0 saturated carbocycles. The molecule has 0 fully saturated rings. The molecular weight excluding hydrogens is 221 g/mol. The van der Waals surface area contributed by atoms with Gasteiger partial charge in [0, 0.05) is 11.0 Å². The van der Waals surface area contributed by atoms with Crippen molar-refractivity contribution in [3.8, 4) is 11.5 Å². The maximum atomic E-state index is 9.44. The van der Waals surface area contributed by atoms with Crippen LogP contribution >= 0.6 is 0 Å². The monoisotopic (exact) mass is 237 g/mol. The van der Waals surface area contributed by atoms with E-state index in [1.807, 2.05) is 13.8 Å². The predicted molar refractivity (Wildman–Crippen MR) is 64.4 cm³/mol. The van der Waals surface area contributed by atoms with Crippen molar-refractivity contribution in [3.05, 3.63) is 17.7 Å². The number of benzene rings is 1. The van der Waals surface area contributed by atoms with Gasteiger partial charge in [0.05, 0.1) is 0 Å². The van der Waals surface area contributed by atoms with E-state index in [1.165, 1.54) is 0 Å². The fraction of sp³-hybridized carbons (Fsp3) is 0.455. The van der Waals surface area contributed by atoms with Gasteiger partial charge in [-0.05, 0) is 31.9 Å². The van der Waals surface area contributed by atoms with Crippen LogP contribution in [0.25, 0.3) is 0 Å². The first-order valence-electron chi connectivity index (χ1n) is 5.45. The number of hydrogen-bond acceptors (Lipinski definition) is 5. The fourth-order valence-electron chi connectivity index (χ4n) is 1.96. The topological polar surface area (TPSA) is 84.9 Å². The summed E-state index contributed by atoms with van der Waals surface area (Å²) in [6.45, 7) is 3.86. The SMILES string of the molecule is CC(C)(N)Cc1ccc2c(c1B(O)O)OCO2. The summed E-state index contributed by atoms with van der Waals surface area (Å²) >= 11 is 0.